The summed E-state index contributed by atoms with van der Waals surface area (Å²) in [5.74, 6) is 1.39. The average molecular weight is 265 g/mol. The Hall–Kier alpha value is -2.16. The first-order chi connectivity index (χ1) is 9.67. The van der Waals surface area contributed by atoms with E-state index in [2.05, 4.69) is 47.8 Å². The Kier molecular flexibility index (Phi) is 3.05. The maximum absolute atomic E-state index is 4.86. The zero-order valence-corrected chi connectivity index (χ0v) is 12.2. The molecule has 20 heavy (non-hydrogen) atoms. The van der Waals surface area contributed by atoms with Gasteiger partial charge in [0, 0.05) is 43.6 Å². The molecule has 0 N–H and O–H groups in total. The summed E-state index contributed by atoms with van der Waals surface area (Å²) in [6, 6.07) is 6.62. The molecule has 0 radical (unpaired) electrons. The fourth-order valence-electron chi connectivity index (χ4n) is 3.05. The number of allylic oxidation sites excluding steroid dienone is 1. The molecule has 102 valence electrons. The highest BCUT2D eigenvalue weighted by Crippen LogP contribution is 2.37. The second-order valence-electron chi connectivity index (χ2n) is 5.32. The van der Waals surface area contributed by atoms with Crippen molar-refractivity contribution in [3.8, 4) is 0 Å². The van der Waals surface area contributed by atoms with Gasteiger partial charge in [0.15, 0.2) is 0 Å². The molecule has 2 aliphatic rings. The summed E-state index contributed by atoms with van der Waals surface area (Å²) >= 11 is 0. The highest BCUT2D eigenvalue weighted by atomic mass is 15.2. The third-order valence-corrected chi connectivity index (χ3v) is 4.08. The van der Waals surface area contributed by atoms with Crippen LogP contribution in [0.4, 0.5) is 0 Å². The summed E-state index contributed by atoms with van der Waals surface area (Å²) in [5, 5.41) is 0. The minimum Gasteiger partial charge on any atom is -0.335 e. The van der Waals surface area contributed by atoms with E-state index in [4.69, 9.17) is 4.99 Å². The van der Waals surface area contributed by atoms with Gasteiger partial charge < -0.3 is 4.90 Å². The number of hydrogen-bond donors (Lipinski definition) is 0. The van der Waals surface area contributed by atoms with Crippen LogP contribution in [0.1, 0.15) is 29.5 Å². The number of aliphatic imine (C=N–C) groups is 2. The maximum atomic E-state index is 4.86. The minimum absolute atomic E-state index is 0.144. The summed E-state index contributed by atoms with van der Waals surface area (Å²) in [6.07, 6.45) is 5.94. The van der Waals surface area contributed by atoms with Crippen LogP contribution >= 0.6 is 0 Å². The molecule has 0 bridgehead atoms. The molecule has 0 spiro atoms. The van der Waals surface area contributed by atoms with E-state index >= 15 is 0 Å². The molecular formula is C17H19N3. The van der Waals surface area contributed by atoms with Gasteiger partial charge in [-0.05, 0) is 11.1 Å². The van der Waals surface area contributed by atoms with E-state index < -0.39 is 0 Å². The van der Waals surface area contributed by atoms with Gasteiger partial charge in [-0.25, -0.2) is 0 Å². The molecule has 2 aliphatic heterocycles. The van der Waals surface area contributed by atoms with Crippen LogP contribution in [0.2, 0.25) is 0 Å². The topological polar surface area (TPSA) is 28.0 Å². The largest absolute Gasteiger partial charge is 0.335 e. The Morgan fingerprint density at radius 2 is 2.20 bits per heavy atom. The molecule has 0 aromatic heterocycles. The molecule has 3 heteroatoms. The van der Waals surface area contributed by atoms with E-state index in [1.807, 2.05) is 19.3 Å². The number of amidine groups is 1. The molecule has 2 atom stereocenters. The van der Waals surface area contributed by atoms with E-state index in [1.165, 1.54) is 16.7 Å². The first kappa shape index (κ1) is 12.9. The third-order valence-electron chi connectivity index (χ3n) is 4.08. The fourth-order valence-corrected chi connectivity index (χ4v) is 3.05. The van der Waals surface area contributed by atoms with Gasteiger partial charge in [-0.1, -0.05) is 31.2 Å². The van der Waals surface area contributed by atoms with Crippen LogP contribution in [0.15, 0.2) is 47.0 Å². The molecule has 1 aromatic carbocycles. The average Bonchev–Trinajstić information content (AvgIpc) is 2.46. The first-order valence-corrected chi connectivity index (χ1v) is 6.88. The second-order valence-corrected chi connectivity index (χ2v) is 5.32. The Bertz CT molecular complexity index is 652. The van der Waals surface area contributed by atoms with E-state index in [1.54, 1.807) is 7.05 Å². The molecular weight excluding hydrogens is 246 g/mol. The lowest BCUT2D eigenvalue weighted by Gasteiger charge is -2.35. The van der Waals surface area contributed by atoms with E-state index in [0.29, 0.717) is 5.92 Å². The lowest BCUT2D eigenvalue weighted by Crippen LogP contribution is -2.35. The van der Waals surface area contributed by atoms with Crippen molar-refractivity contribution in [2.24, 2.45) is 9.98 Å². The van der Waals surface area contributed by atoms with Gasteiger partial charge in [-0.15, -0.1) is 6.58 Å². The normalized spacial score (nSPS) is 24.2. The van der Waals surface area contributed by atoms with Crippen LogP contribution in [0.5, 0.6) is 0 Å². The Labute approximate surface area is 120 Å². The Morgan fingerprint density at radius 1 is 1.40 bits per heavy atom. The van der Waals surface area contributed by atoms with Gasteiger partial charge in [-0.2, -0.15) is 0 Å². The monoisotopic (exact) mass is 265 g/mol. The van der Waals surface area contributed by atoms with Gasteiger partial charge in [0.2, 0.25) is 0 Å². The van der Waals surface area contributed by atoms with Crippen molar-refractivity contribution in [2.45, 2.75) is 18.9 Å². The van der Waals surface area contributed by atoms with E-state index in [0.717, 1.165) is 11.4 Å². The summed E-state index contributed by atoms with van der Waals surface area (Å²) < 4.78 is 0. The SMILES string of the molecule is C=CC1N=C2c3c(cccc3C1C)C(C=NC)=CN2C. The molecule has 0 fully saturated rings. The zero-order chi connectivity index (χ0) is 14.3. The summed E-state index contributed by atoms with van der Waals surface area (Å²) in [5.41, 5.74) is 4.95. The Balaban J connectivity index is 2.28. The van der Waals surface area contributed by atoms with E-state index in [9.17, 15) is 0 Å². The van der Waals surface area contributed by atoms with Crippen LogP contribution in [0, 0.1) is 0 Å². The van der Waals surface area contributed by atoms with Crippen molar-refractivity contribution in [3.63, 3.8) is 0 Å². The molecule has 0 aliphatic carbocycles. The van der Waals surface area contributed by atoms with Crippen molar-refractivity contribution in [2.75, 3.05) is 14.1 Å². The number of hydrogen-bond acceptors (Lipinski definition) is 3. The van der Waals surface area contributed by atoms with Crippen molar-refractivity contribution in [3.05, 3.63) is 53.7 Å². The maximum Gasteiger partial charge on any atom is 0.136 e. The minimum atomic E-state index is 0.144. The van der Waals surface area contributed by atoms with Crippen LogP contribution in [0.25, 0.3) is 5.57 Å². The van der Waals surface area contributed by atoms with Crippen molar-refractivity contribution < 1.29 is 0 Å². The van der Waals surface area contributed by atoms with Gasteiger partial charge >= 0.3 is 0 Å². The predicted molar refractivity (Wildman–Crippen MR) is 85.5 cm³/mol. The van der Waals surface area contributed by atoms with E-state index in [-0.39, 0.29) is 6.04 Å². The fraction of sp³-hybridized carbons (Fsp3) is 0.294. The highest BCUT2D eigenvalue weighted by molar-refractivity contribution is 6.19. The summed E-state index contributed by atoms with van der Waals surface area (Å²) in [7, 11) is 3.84. The highest BCUT2D eigenvalue weighted by Gasteiger charge is 2.32. The van der Waals surface area contributed by atoms with Gasteiger partial charge in [0.25, 0.3) is 0 Å². The molecule has 2 heterocycles. The van der Waals surface area contributed by atoms with Crippen LogP contribution in [0.3, 0.4) is 0 Å². The van der Waals surface area contributed by atoms with Crippen LogP contribution in [-0.2, 0) is 0 Å². The summed E-state index contributed by atoms with van der Waals surface area (Å²) in [4.78, 5) is 11.1. The molecule has 1 aromatic rings. The van der Waals surface area contributed by atoms with Crippen molar-refractivity contribution >= 4 is 17.6 Å². The third kappa shape index (κ3) is 1.73. The lowest BCUT2D eigenvalue weighted by atomic mass is 9.82. The second kappa shape index (κ2) is 4.75. The Morgan fingerprint density at radius 3 is 2.90 bits per heavy atom. The molecule has 2 unspecified atom stereocenters. The summed E-state index contributed by atoms with van der Waals surface area (Å²) in [6.45, 7) is 6.14. The molecule has 3 rings (SSSR count). The molecule has 3 nitrogen and oxygen atoms in total. The van der Waals surface area contributed by atoms with Gasteiger partial charge in [-0.3, -0.25) is 9.98 Å². The van der Waals surface area contributed by atoms with Gasteiger partial charge in [0.1, 0.15) is 5.84 Å². The first-order valence-electron chi connectivity index (χ1n) is 6.88. The predicted octanol–water partition coefficient (Wildman–Crippen LogP) is 3.09. The quantitative estimate of drug-likeness (QED) is 0.596. The number of nitrogens with zero attached hydrogens (tertiary/aromatic N) is 3. The molecule has 0 saturated heterocycles. The van der Waals surface area contributed by atoms with Crippen molar-refractivity contribution in [1.29, 1.82) is 0 Å². The number of rotatable bonds is 2. The smallest absolute Gasteiger partial charge is 0.136 e. The standard InChI is InChI=1S/C17H19N3/c1-5-15-11(2)13-7-6-8-14-12(9-18-3)10-20(4)17(19-15)16(13)14/h5-11,15H,1H2,2-4H3. The van der Waals surface area contributed by atoms with Gasteiger partial charge in [0.05, 0.1) is 6.04 Å². The molecule has 0 saturated carbocycles. The number of benzene rings is 1. The zero-order valence-electron chi connectivity index (χ0n) is 12.2. The van der Waals surface area contributed by atoms with Crippen LogP contribution in [-0.4, -0.2) is 37.1 Å². The lowest BCUT2D eigenvalue weighted by molar-refractivity contribution is 0.606. The van der Waals surface area contributed by atoms with Crippen LogP contribution < -0.4 is 0 Å². The molecule has 0 amide bonds. The van der Waals surface area contributed by atoms with Crippen molar-refractivity contribution in [1.82, 2.24) is 4.90 Å².